The third-order valence-corrected chi connectivity index (χ3v) is 2.85. The minimum Gasteiger partial charge on any atom is -0.379 e. The molecule has 2 heteroatoms. The Kier molecular flexibility index (Phi) is 4.14. The molecule has 0 N–H and O–H groups in total. The summed E-state index contributed by atoms with van der Waals surface area (Å²) in [6.07, 6.45) is 4.19. The van der Waals surface area contributed by atoms with Crippen molar-refractivity contribution in [2.24, 2.45) is 0 Å². The van der Waals surface area contributed by atoms with Crippen molar-refractivity contribution in [3.8, 4) is 0 Å². The predicted molar refractivity (Wildman–Crippen MR) is 67.2 cm³/mol. The second-order valence-corrected chi connectivity index (χ2v) is 4.13. The smallest absolute Gasteiger partial charge is 0.0594 e. The largest absolute Gasteiger partial charge is 0.379 e. The van der Waals surface area contributed by atoms with Crippen LogP contribution in [0, 0.1) is 0 Å². The van der Waals surface area contributed by atoms with Gasteiger partial charge in [-0.05, 0) is 18.1 Å². The summed E-state index contributed by atoms with van der Waals surface area (Å²) in [5.74, 6) is 0. The lowest BCUT2D eigenvalue weighted by Crippen LogP contribution is -2.35. The Morgan fingerprint density at radius 1 is 1.19 bits per heavy atom. The van der Waals surface area contributed by atoms with Gasteiger partial charge in [0.1, 0.15) is 0 Å². The van der Waals surface area contributed by atoms with E-state index in [1.807, 2.05) is 6.92 Å². The highest BCUT2D eigenvalue weighted by Gasteiger charge is 2.09. The molecule has 2 rings (SSSR count). The molecule has 1 aliphatic rings. The molecule has 1 fully saturated rings. The number of hydrogen-bond acceptors (Lipinski definition) is 2. The van der Waals surface area contributed by atoms with Crippen molar-refractivity contribution in [2.45, 2.75) is 13.5 Å². The molecule has 1 heterocycles. The summed E-state index contributed by atoms with van der Waals surface area (Å²) in [6.45, 7) is 6.93. The second kappa shape index (κ2) is 5.83. The molecule has 0 bridgehead atoms. The first-order valence-corrected chi connectivity index (χ1v) is 5.90. The van der Waals surface area contributed by atoms with Crippen molar-refractivity contribution in [1.29, 1.82) is 0 Å². The Balaban J connectivity index is 1.93. The molecule has 1 aromatic rings. The van der Waals surface area contributed by atoms with E-state index in [1.165, 1.54) is 11.1 Å². The standard InChI is InChI=1S/C14H19NO/c1-2-3-13-4-6-14(7-5-13)12-15-8-10-16-11-9-15/h2-7H,8-12H2,1H3. The molecule has 0 unspecified atom stereocenters. The SMILES string of the molecule is CC=Cc1ccc(CN2CCOCC2)cc1. The summed E-state index contributed by atoms with van der Waals surface area (Å²) in [5.41, 5.74) is 2.66. The zero-order valence-electron chi connectivity index (χ0n) is 9.86. The van der Waals surface area contributed by atoms with Crippen LogP contribution in [0.25, 0.3) is 6.08 Å². The quantitative estimate of drug-likeness (QED) is 0.771. The number of rotatable bonds is 3. The van der Waals surface area contributed by atoms with Gasteiger partial charge in [-0.15, -0.1) is 0 Å². The first-order chi connectivity index (χ1) is 7.88. The molecule has 0 amide bonds. The van der Waals surface area contributed by atoms with Crippen molar-refractivity contribution >= 4 is 6.08 Å². The van der Waals surface area contributed by atoms with E-state index in [9.17, 15) is 0 Å². The van der Waals surface area contributed by atoms with E-state index in [2.05, 4.69) is 41.3 Å². The Hall–Kier alpha value is -1.12. The van der Waals surface area contributed by atoms with Gasteiger partial charge in [0.05, 0.1) is 13.2 Å². The highest BCUT2D eigenvalue weighted by molar-refractivity contribution is 5.49. The zero-order chi connectivity index (χ0) is 11.2. The summed E-state index contributed by atoms with van der Waals surface area (Å²) in [6, 6.07) is 8.78. The fourth-order valence-corrected chi connectivity index (χ4v) is 1.94. The topological polar surface area (TPSA) is 12.5 Å². The number of ether oxygens (including phenoxy) is 1. The molecule has 1 saturated heterocycles. The summed E-state index contributed by atoms with van der Waals surface area (Å²) < 4.78 is 5.34. The lowest BCUT2D eigenvalue weighted by atomic mass is 10.1. The maximum Gasteiger partial charge on any atom is 0.0594 e. The third kappa shape index (κ3) is 3.19. The summed E-state index contributed by atoms with van der Waals surface area (Å²) >= 11 is 0. The van der Waals surface area contributed by atoms with Crippen LogP contribution < -0.4 is 0 Å². The highest BCUT2D eigenvalue weighted by Crippen LogP contribution is 2.10. The molecule has 2 nitrogen and oxygen atoms in total. The Morgan fingerprint density at radius 2 is 1.88 bits per heavy atom. The van der Waals surface area contributed by atoms with Crippen LogP contribution in [0.1, 0.15) is 18.1 Å². The Labute approximate surface area is 97.5 Å². The van der Waals surface area contributed by atoms with Crippen molar-refractivity contribution < 1.29 is 4.74 Å². The fourth-order valence-electron chi connectivity index (χ4n) is 1.94. The predicted octanol–water partition coefficient (Wildman–Crippen LogP) is 2.55. The summed E-state index contributed by atoms with van der Waals surface area (Å²) in [4.78, 5) is 2.44. The van der Waals surface area contributed by atoms with Crippen LogP contribution in [0.2, 0.25) is 0 Å². The van der Waals surface area contributed by atoms with Gasteiger partial charge in [-0.3, -0.25) is 4.90 Å². The van der Waals surface area contributed by atoms with Crippen molar-refractivity contribution in [1.82, 2.24) is 4.90 Å². The van der Waals surface area contributed by atoms with Gasteiger partial charge in [-0.25, -0.2) is 0 Å². The maximum absolute atomic E-state index is 5.34. The molecule has 0 saturated carbocycles. The van der Waals surface area contributed by atoms with E-state index in [0.29, 0.717) is 0 Å². The summed E-state index contributed by atoms with van der Waals surface area (Å²) in [7, 11) is 0. The number of allylic oxidation sites excluding steroid dienone is 1. The van der Waals surface area contributed by atoms with Gasteiger partial charge < -0.3 is 4.74 Å². The van der Waals surface area contributed by atoms with Gasteiger partial charge in [0, 0.05) is 19.6 Å². The first-order valence-electron chi connectivity index (χ1n) is 5.90. The molecular weight excluding hydrogens is 198 g/mol. The average molecular weight is 217 g/mol. The fraction of sp³-hybridized carbons (Fsp3) is 0.429. The number of benzene rings is 1. The van der Waals surface area contributed by atoms with E-state index < -0.39 is 0 Å². The molecule has 0 atom stereocenters. The van der Waals surface area contributed by atoms with Crippen LogP contribution in [-0.4, -0.2) is 31.2 Å². The van der Waals surface area contributed by atoms with Crippen LogP contribution in [0.4, 0.5) is 0 Å². The molecular formula is C14H19NO. The van der Waals surface area contributed by atoms with Gasteiger partial charge >= 0.3 is 0 Å². The van der Waals surface area contributed by atoms with Gasteiger partial charge in [-0.2, -0.15) is 0 Å². The van der Waals surface area contributed by atoms with Crippen LogP contribution in [0.5, 0.6) is 0 Å². The molecule has 0 aromatic heterocycles. The minimum atomic E-state index is 0.872. The van der Waals surface area contributed by atoms with Crippen LogP contribution in [0.15, 0.2) is 30.3 Å². The number of morpholine rings is 1. The van der Waals surface area contributed by atoms with Crippen molar-refractivity contribution in [3.05, 3.63) is 41.5 Å². The lowest BCUT2D eigenvalue weighted by Gasteiger charge is -2.26. The summed E-state index contributed by atoms with van der Waals surface area (Å²) in [5, 5.41) is 0. The van der Waals surface area contributed by atoms with Gasteiger partial charge in [0.2, 0.25) is 0 Å². The van der Waals surface area contributed by atoms with Crippen LogP contribution in [-0.2, 0) is 11.3 Å². The first kappa shape index (κ1) is 11.4. The molecule has 0 spiro atoms. The normalized spacial score (nSPS) is 18.1. The minimum absolute atomic E-state index is 0.872. The van der Waals surface area contributed by atoms with Crippen LogP contribution in [0.3, 0.4) is 0 Å². The number of nitrogens with zero attached hydrogens (tertiary/aromatic N) is 1. The molecule has 86 valence electrons. The van der Waals surface area contributed by atoms with Crippen LogP contribution >= 0.6 is 0 Å². The van der Waals surface area contributed by atoms with E-state index in [1.54, 1.807) is 0 Å². The maximum atomic E-state index is 5.34. The van der Waals surface area contributed by atoms with Crippen molar-refractivity contribution in [3.63, 3.8) is 0 Å². The van der Waals surface area contributed by atoms with Gasteiger partial charge in [0.15, 0.2) is 0 Å². The third-order valence-electron chi connectivity index (χ3n) is 2.85. The second-order valence-electron chi connectivity index (χ2n) is 4.13. The average Bonchev–Trinajstić information content (AvgIpc) is 2.33. The van der Waals surface area contributed by atoms with E-state index in [0.717, 1.165) is 32.8 Å². The monoisotopic (exact) mass is 217 g/mol. The van der Waals surface area contributed by atoms with E-state index >= 15 is 0 Å². The molecule has 0 radical (unpaired) electrons. The number of hydrogen-bond donors (Lipinski definition) is 0. The molecule has 0 aliphatic carbocycles. The molecule has 1 aromatic carbocycles. The zero-order valence-corrected chi connectivity index (χ0v) is 9.86. The highest BCUT2D eigenvalue weighted by atomic mass is 16.5. The van der Waals surface area contributed by atoms with Gasteiger partial charge in [0.25, 0.3) is 0 Å². The van der Waals surface area contributed by atoms with E-state index in [4.69, 9.17) is 4.74 Å². The van der Waals surface area contributed by atoms with Crippen molar-refractivity contribution in [2.75, 3.05) is 26.3 Å². The molecule has 1 aliphatic heterocycles. The lowest BCUT2D eigenvalue weighted by molar-refractivity contribution is 0.0342. The Bertz CT molecular complexity index is 336. The van der Waals surface area contributed by atoms with E-state index in [-0.39, 0.29) is 0 Å². The molecule has 16 heavy (non-hydrogen) atoms. The Morgan fingerprint density at radius 3 is 2.50 bits per heavy atom. The van der Waals surface area contributed by atoms with Gasteiger partial charge in [-0.1, -0.05) is 36.4 Å².